The van der Waals surface area contributed by atoms with Gasteiger partial charge in [-0.25, -0.2) is 9.79 Å². The number of halogens is 1. The summed E-state index contributed by atoms with van der Waals surface area (Å²) in [4.78, 5) is 32.2. The van der Waals surface area contributed by atoms with E-state index in [0.29, 0.717) is 42.7 Å². The van der Waals surface area contributed by atoms with Gasteiger partial charge < -0.3 is 14.2 Å². The van der Waals surface area contributed by atoms with Crippen molar-refractivity contribution in [2.24, 2.45) is 4.99 Å². The van der Waals surface area contributed by atoms with Gasteiger partial charge in [0, 0.05) is 16.1 Å². The average Bonchev–Trinajstić information content (AvgIpc) is 3.17. The number of allylic oxidation sites excluding steroid dienone is 1. The number of fused-ring (bicyclic) bond motifs is 1. The standard InChI is InChI=1S/C29H27ClN2O5S/c1-6-14-36-22-13-12-20(30)15-19(22)16-24-27(33)32-26(21-10-8-9-11-23(21)37-17(3)4)25(28(34)35-7-2)18(5)31-29(32)38-24/h1,8-13,15-17,26H,7,14H2,2-5H3/b24-16-/t26-/m0/s1. The van der Waals surface area contributed by atoms with Gasteiger partial charge in [-0.1, -0.05) is 47.1 Å². The number of hydrogen-bond donors (Lipinski definition) is 0. The fourth-order valence-corrected chi connectivity index (χ4v) is 5.40. The molecule has 1 aliphatic heterocycles. The van der Waals surface area contributed by atoms with Crippen molar-refractivity contribution in [3.63, 3.8) is 0 Å². The molecule has 9 heteroatoms. The van der Waals surface area contributed by atoms with E-state index in [1.54, 1.807) is 38.1 Å². The van der Waals surface area contributed by atoms with Gasteiger partial charge in [0.1, 0.15) is 24.1 Å². The fraction of sp³-hybridized carbons (Fsp3) is 0.276. The van der Waals surface area contributed by atoms with Crippen LogP contribution in [0.15, 0.2) is 63.5 Å². The Morgan fingerprint density at radius 2 is 2.03 bits per heavy atom. The van der Waals surface area contributed by atoms with E-state index in [0.717, 1.165) is 0 Å². The molecule has 1 aromatic heterocycles. The number of carbonyl (C=O) groups excluding carboxylic acids is 1. The Kier molecular flexibility index (Phi) is 8.40. The highest BCUT2D eigenvalue weighted by Crippen LogP contribution is 2.36. The number of nitrogens with zero attached hydrogens (tertiary/aromatic N) is 2. The minimum absolute atomic E-state index is 0.0679. The Morgan fingerprint density at radius 3 is 2.74 bits per heavy atom. The summed E-state index contributed by atoms with van der Waals surface area (Å²) in [6.07, 6.45) is 6.93. The topological polar surface area (TPSA) is 79.1 Å². The summed E-state index contributed by atoms with van der Waals surface area (Å²) in [5, 5.41) is 0.482. The predicted molar refractivity (Wildman–Crippen MR) is 148 cm³/mol. The van der Waals surface area contributed by atoms with E-state index in [1.807, 2.05) is 38.1 Å². The zero-order valence-corrected chi connectivity index (χ0v) is 23.1. The van der Waals surface area contributed by atoms with Crippen molar-refractivity contribution in [1.29, 1.82) is 0 Å². The normalized spacial score (nSPS) is 15.1. The molecule has 0 saturated heterocycles. The molecule has 0 unspecified atom stereocenters. The van der Waals surface area contributed by atoms with Crippen LogP contribution in [0.1, 0.15) is 44.9 Å². The third kappa shape index (κ3) is 5.54. The number of aromatic nitrogens is 1. The van der Waals surface area contributed by atoms with E-state index >= 15 is 0 Å². The van der Waals surface area contributed by atoms with Crippen LogP contribution in [-0.4, -0.2) is 29.9 Å². The van der Waals surface area contributed by atoms with E-state index in [-0.39, 0.29) is 30.5 Å². The van der Waals surface area contributed by atoms with Crippen LogP contribution in [0.2, 0.25) is 5.02 Å². The molecule has 196 valence electrons. The van der Waals surface area contributed by atoms with Crippen molar-refractivity contribution in [1.82, 2.24) is 4.57 Å². The van der Waals surface area contributed by atoms with Gasteiger partial charge in [-0.05, 0) is 58.0 Å². The Balaban J connectivity index is 1.98. The minimum Gasteiger partial charge on any atom is -0.491 e. The van der Waals surface area contributed by atoms with Crippen molar-refractivity contribution >= 4 is 35.0 Å². The van der Waals surface area contributed by atoms with Gasteiger partial charge in [0.2, 0.25) is 0 Å². The van der Waals surface area contributed by atoms with Gasteiger partial charge in [0.05, 0.1) is 28.5 Å². The summed E-state index contributed by atoms with van der Waals surface area (Å²) < 4.78 is 19.0. The molecule has 38 heavy (non-hydrogen) atoms. The third-order valence-electron chi connectivity index (χ3n) is 5.66. The van der Waals surface area contributed by atoms with Gasteiger partial charge in [0.15, 0.2) is 4.80 Å². The van der Waals surface area contributed by atoms with E-state index in [1.165, 1.54) is 15.9 Å². The predicted octanol–water partition coefficient (Wildman–Crippen LogP) is 4.25. The maximum absolute atomic E-state index is 13.9. The number of para-hydroxylation sites is 1. The Bertz CT molecular complexity index is 1630. The highest BCUT2D eigenvalue weighted by Gasteiger charge is 2.35. The number of esters is 1. The first-order chi connectivity index (χ1) is 18.2. The summed E-state index contributed by atoms with van der Waals surface area (Å²) in [5.74, 6) is 2.96. The molecule has 0 saturated carbocycles. The van der Waals surface area contributed by atoms with Crippen molar-refractivity contribution in [3.8, 4) is 23.8 Å². The molecule has 3 aromatic rings. The number of ether oxygens (including phenoxy) is 3. The number of hydrogen-bond acceptors (Lipinski definition) is 7. The van der Waals surface area contributed by atoms with Crippen molar-refractivity contribution in [2.75, 3.05) is 13.2 Å². The first-order valence-electron chi connectivity index (χ1n) is 12.1. The summed E-state index contributed by atoms with van der Waals surface area (Å²) >= 11 is 7.44. The molecule has 0 fully saturated rings. The summed E-state index contributed by atoms with van der Waals surface area (Å²) in [6, 6.07) is 11.7. The van der Waals surface area contributed by atoms with E-state index in [2.05, 4.69) is 10.9 Å². The highest BCUT2D eigenvalue weighted by atomic mass is 35.5. The molecule has 7 nitrogen and oxygen atoms in total. The Labute approximate surface area is 229 Å². The molecule has 2 heterocycles. The second-order valence-corrected chi connectivity index (χ2v) is 10.1. The van der Waals surface area contributed by atoms with E-state index in [4.69, 9.17) is 32.2 Å². The fourth-order valence-electron chi connectivity index (χ4n) is 4.18. The zero-order valence-electron chi connectivity index (χ0n) is 21.5. The van der Waals surface area contributed by atoms with E-state index in [9.17, 15) is 9.59 Å². The van der Waals surface area contributed by atoms with Crippen LogP contribution in [0, 0.1) is 12.3 Å². The molecule has 4 rings (SSSR count). The van der Waals surface area contributed by atoms with Crippen LogP contribution in [0.5, 0.6) is 11.5 Å². The van der Waals surface area contributed by atoms with Gasteiger partial charge in [-0.3, -0.25) is 9.36 Å². The molecule has 0 aliphatic carbocycles. The molecule has 0 N–H and O–H groups in total. The van der Waals surface area contributed by atoms with Crippen molar-refractivity contribution in [2.45, 2.75) is 39.8 Å². The second-order valence-electron chi connectivity index (χ2n) is 8.68. The monoisotopic (exact) mass is 550 g/mol. The van der Waals surface area contributed by atoms with Crippen molar-refractivity contribution < 1.29 is 19.0 Å². The number of terminal acetylenes is 1. The van der Waals surface area contributed by atoms with Gasteiger partial charge in [0.25, 0.3) is 5.56 Å². The van der Waals surface area contributed by atoms with Gasteiger partial charge >= 0.3 is 5.97 Å². The van der Waals surface area contributed by atoms with Crippen molar-refractivity contribution in [3.05, 3.63) is 89.6 Å². The van der Waals surface area contributed by atoms with Crippen LogP contribution in [0.3, 0.4) is 0 Å². The number of carbonyl (C=O) groups is 1. The third-order valence-corrected chi connectivity index (χ3v) is 6.88. The van der Waals surface area contributed by atoms with Crippen LogP contribution < -0.4 is 24.4 Å². The maximum Gasteiger partial charge on any atom is 0.338 e. The lowest BCUT2D eigenvalue weighted by molar-refractivity contribution is -0.139. The first kappa shape index (κ1) is 27.2. The first-order valence-corrected chi connectivity index (χ1v) is 13.3. The van der Waals surface area contributed by atoms with E-state index < -0.39 is 12.0 Å². The molecule has 0 radical (unpaired) electrons. The zero-order chi connectivity index (χ0) is 27.4. The highest BCUT2D eigenvalue weighted by molar-refractivity contribution is 7.07. The van der Waals surface area contributed by atoms with Crippen LogP contribution in [0.4, 0.5) is 0 Å². The molecule has 0 bridgehead atoms. The van der Waals surface area contributed by atoms with Crippen LogP contribution in [-0.2, 0) is 9.53 Å². The minimum atomic E-state index is -0.793. The molecule has 1 atom stereocenters. The lowest BCUT2D eigenvalue weighted by atomic mass is 9.95. The Hall–Kier alpha value is -3.80. The lowest BCUT2D eigenvalue weighted by Crippen LogP contribution is -2.40. The number of rotatable bonds is 8. The molecule has 0 spiro atoms. The quantitative estimate of drug-likeness (QED) is 0.309. The largest absolute Gasteiger partial charge is 0.491 e. The molecular formula is C29H27ClN2O5S. The maximum atomic E-state index is 13.9. The van der Waals surface area contributed by atoms with Crippen LogP contribution in [0.25, 0.3) is 6.08 Å². The SMILES string of the molecule is C#CCOc1ccc(Cl)cc1/C=c1\sc2n(c1=O)[C@@H](c1ccccc1OC(C)C)C(C(=O)OCC)=C(C)N=2. The molecule has 2 aromatic carbocycles. The molecule has 0 amide bonds. The summed E-state index contributed by atoms with van der Waals surface area (Å²) in [6.45, 7) is 7.56. The number of benzene rings is 2. The second kappa shape index (κ2) is 11.7. The van der Waals surface area contributed by atoms with Gasteiger partial charge in [-0.2, -0.15) is 0 Å². The summed E-state index contributed by atoms with van der Waals surface area (Å²) in [5.41, 5.74) is 1.69. The van der Waals surface area contributed by atoms with Crippen LogP contribution >= 0.6 is 22.9 Å². The average molecular weight is 551 g/mol. The molecule has 1 aliphatic rings. The lowest BCUT2D eigenvalue weighted by Gasteiger charge is -2.26. The van der Waals surface area contributed by atoms with Gasteiger partial charge in [-0.15, -0.1) is 6.42 Å². The smallest absolute Gasteiger partial charge is 0.338 e. The number of thiazole rings is 1. The summed E-state index contributed by atoms with van der Waals surface area (Å²) in [7, 11) is 0. The molecular weight excluding hydrogens is 524 g/mol. The Morgan fingerprint density at radius 1 is 1.26 bits per heavy atom.